The zero-order chi connectivity index (χ0) is 40.5. The lowest BCUT2D eigenvalue weighted by atomic mass is 9.60. The maximum Gasteiger partial charge on any atom is 0.230 e. The van der Waals surface area contributed by atoms with E-state index in [0.29, 0.717) is 87.3 Å². The van der Waals surface area contributed by atoms with Crippen molar-refractivity contribution < 1.29 is 27.8 Å². The molecule has 10 rings (SSSR count). The molecule has 0 aliphatic carbocycles. The van der Waals surface area contributed by atoms with Crippen LogP contribution in [0, 0.1) is 22.5 Å². The Balaban J connectivity index is 0.946. The quantitative estimate of drug-likeness (QED) is 0.364. The van der Waals surface area contributed by atoms with Gasteiger partial charge in [-0.3, -0.25) is 19.4 Å². The summed E-state index contributed by atoms with van der Waals surface area (Å²) in [6, 6.07) is 13.3. The Labute approximate surface area is 348 Å². The predicted octanol–water partition coefficient (Wildman–Crippen LogP) is 6.03. The normalized spacial score (nSPS) is 36.2. The Morgan fingerprint density at radius 2 is 1.39 bits per heavy atom. The van der Waals surface area contributed by atoms with Crippen LogP contribution in [0.15, 0.2) is 36.4 Å². The fraction of sp³-hybridized carbons (Fsp3) is 0.702. The summed E-state index contributed by atoms with van der Waals surface area (Å²) < 4.78 is 46.2. The van der Waals surface area contributed by atoms with E-state index in [-0.39, 0.29) is 30.8 Å². The number of hydrogen-bond acceptors (Lipinski definition) is 8. The molecule has 0 aromatic heterocycles. The molecule has 2 spiro atoms. The molecule has 0 saturated carbocycles. The number of likely N-dealkylation sites (tertiary alicyclic amines) is 3. The molecule has 2 aromatic rings. The van der Waals surface area contributed by atoms with Gasteiger partial charge in [0.2, 0.25) is 11.8 Å². The molecular weight excluding hydrogens is 751 g/mol. The van der Waals surface area contributed by atoms with Crippen LogP contribution < -0.4 is 15.1 Å². The summed E-state index contributed by atoms with van der Waals surface area (Å²) in [6.07, 6.45) is 9.94. The molecule has 8 aliphatic rings. The van der Waals surface area contributed by atoms with E-state index in [2.05, 4.69) is 38.8 Å². The standard InChI is InChI=1S/C47H64F2N6O4/c1-32-5-3-19-53(32)34-11-21-51(22-12-34)35-7-9-38(41(48)27-35)40-30-58-25-16-45(40)15-24-55(44(45)57)47(31-59-26-17-46(47)14-18-50-43(46)56)39-10-8-36(28-42(39)49)52-23-13-37(29-52)54-20-4-6-33(54)2/h7-10,27-28,32-34,37,40H,3-6,11-26,29-31H2,1-2H3,(H,50,56)/t32-,33-,37-,40?,45?,46?,47?/m0/s1. The van der Waals surface area contributed by atoms with Crippen LogP contribution in [0.1, 0.15) is 102 Å². The van der Waals surface area contributed by atoms with Crippen LogP contribution in [-0.2, 0) is 24.6 Å². The van der Waals surface area contributed by atoms with Gasteiger partial charge < -0.3 is 29.5 Å². The number of nitrogens with one attached hydrogen (secondary N) is 1. The van der Waals surface area contributed by atoms with Crippen LogP contribution in [0.5, 0.6) is 0 Å². The van der Waals surface area contributed by atoms with Gasteiger partial charge in [-0.1, -0.05) is 12.1 Å². The monoisotopic (exact) mass is 814 g/mol. The van der Waals surface area contributed by atoms with Crippen molar-refractivity contribution in [1.29, 1.82) is 0 Å². The van der Waals surface area contributed by atoms with Crippen molar-refractivity contribution in [3.8, 4) is 0 Å². The molecular formula is C47H64F2N6O4. The first-order chi connectivity index (χ1) is 28.6. The molecule has 8 heterocycles. The molecule has 320 valence electrons. The lowest BCUT2D eigenvalue weighted by Crippen LogP contribution is -2.66. The van der Waals surface area contributed by atoms with E-state index in [1.165, 1.54) is 32.2 Å². The van der Waals surface area contributed by atoms with E-state index in [0.717, 1.165) is 63.4 Å². The van der Waals surface area contributed by atoms with Gasteiger partial charge in [0, 0.05) is 99.5 Å². The van der Waals surface area contributed by atoms with Crippen molar-refractivity contribution in [2.75, 3.05) is 88.6 Å². The van der Waals surface area contributed by atoms with Gasteiger partial charge in [0.05, 0.1) is 24.0 Å². The first-order valence-electron chi connectivity index (χ1n) is 23.0. The Bertz CT molecular complexity index is 1930. The summed E-state index contributed by atoms with van der Waals surface area (Å²) in [6.45, 7) is 12.2. The number of benzene rings is 2. The zero-order valence-electron chi connectivity index (χ0n) is 35.2. The number of nitrogens with zero attached hydrogens (tertiary/aromatic N) is 5. The van der Waals surface area contributed by atoms with Crippen molar-refractivity contribution in [3.05, 3.63) is 59.2 Å². The molecule has 0 bridgehead atoms. The van der Waals surface area contributed by atoms with Crippen LogP contribution >= 0.6 is 0 Å². The minimum atomic E-state index is -1.36. The summed E-state index contributed by atoms with van der Waals surface area (Å²) >= 11 is 0. The number of anilines is 2. The zero-order valence-corrected chi connectivity index (χ0v) is 35.2. The van der Waals surface area contributed by atoms with Gasteiger partial charge in [0.1, 0.15) is 17.2 Å². The highest BCUT2D eigenvalue weighted by molar-refractivity contribution is 5.91. The maximum atomic E-state index is 17.2. The topological polar surface area (TPSA) is 80.8 Å². The summed E-state index contributed by atoms with van der Waals surface area (Å²) in [5, 5.41) is 3.07. The third-order valence-electron chi connectivity index (χ3n) is 16.9. The summed E-state index contributed by atoms with van der Waals surface area (Å²) in [4.78, 5) is 41.5. The average molecular weight is 815 g/mol. The Morgan fingerprint density at radius 1 is 0.712 bits per heavy atom. The van der Waals surface area contributed by atoms with E-state index in [1.807, 2.05) is 29.2 Å². The summed E-state index contributed by atoms with van der Waals surface area (Å²) in [7, 11) is 0. The molecule has 7 atom stereocenters. The number of piperidine rings is 1. The molecule has 4 unspecified atom stereocenters. The third-order valence-corrected chi connectivity index (χ3v) is 16.9. The largest absolute Gasteiger partial charge is 0.381 e. The highest BCUT2D eigenvalue weighted by atomic mass is 19.1. The number of hydrogen-bond donors (Lipinski definition) is 1. The van der Waals surface area contributed by atoms with Crippen molar-refractivity contribution in [1.82, 2.24) is 20.0 Å². The molecule has 12 heteroatoms. The second-order valence-corrected chi connectivity index (χ2v) is 19.4. The molecule has 10 nitrogen and oxygen atoms in total. The van der Waals surface area contributed by atoms with Gasteiger partial charge >= 0.3 is 0 Å². The molecule has 0 radical (unpaired) electrons. The minimum Gasteiger partial charge on any atom is -0.381 e. The number of amides is 2. The number of carbonyl (C=O) groups excluding carboxylic acids is 2. The van der Waals surface area contributed by atoms with E-state index >= 15 is 13.6 Å². The Morgan fingerprint density at radius 3 is 2.08 bits per heavy atom. The molecule has 2 amide bonds. The van der Waals surface area contributed by atoms with Gasteiger partial charge in [0.25, 0.3) is 0 Å². The van der Waals surface area contributed by atoms with Gasteiger partial charge in [-0.15, -0.1) is 0 Å². The molecule has 59 heavy (non-hydrogen) atoms. The van der Waals surface area contributed by atoms with Crippen molar-refractivity contribution >= 4 is 23.2 Å². The van der Waals surface area contributed by atoms with E-state index in [4.69, 9.17) is 9.47 Å². The Kier molecular flexibility index (Phi) is 10.5. The maximum absolute atomic E-state index is 17.2. The fourth-order valence-corrected chi connectivity index (χ4v) is 13.5. The van der Waals surface area contributed by atoms with Crippen LogP contribution in [0.4, 0.5) is 20.2 Å². The lowest BCUT2D eigenvalue weighted by molar-refractivity contribution is -0.176. The number of ether oxygens (including phenoxy) is 2. The SMILES string of the molecule is C[C@H]1CCCN1C1CCN(c2ccc(C3COCCC34CCN(C3(c5ccc(N6CC[C@H](N7CCC[C@@H]7C)C6)cc5F)COCCC35CCNC5=O)C4=O)c(F)c2)CC1. The predicted molar refractivity (Wildman–Crippen MR) is 224 cm³/mol. The van der Waals surface area contributed by atoms with Gasteiger partial charge in [-0.25, -0.2) is 8.78 Å². The van der Waals surface area contributed by atoms with Crippen molar-refractivity contribution in [3.63, 3.8) is 0 Å². The first-order valence-corrected chi connectivity index (χ1v) is 23.0. The summed E-state index contributed by atoms with van der Waals surface area (Å²) in [5.74, 6) is -1.55. The van der Waals surface area contributed by atoms with Crippen LogP contribution in [-0.4, -0.2) is 129 Å². The third kappa shape index (κ3) is 6.34. The number of carbonyl (C=O) groups is 2. The van der Waals surface area contributed by atoms with Crippen LogP contribution in [0.2, 0.25) is 0 Å². The second kappa shape index (κ2) is 15.5. The van der Waals surface area contributed by atoms with Crippen LogP contribution in [0.3, 0.4) is 0 Å². The molecule has 8 aliphatic heterocycles. The minimum absolute atomic E-state index is 0.0226. The highest BCUT2D eigenvalue weighted by Crippen LogP contribution is 2.60. The number of halogens is 2. The average Bonchev–Trinajstić information content (AvgIpc) is 4.10. The smallest absolute Gasteiger partial charge is 0.230 e. The lowest BCUT2D eigenvalue weighted by Gasteiger charge is -2.55. The van der Waals surface area contributed by atoms with Crippen molar-refractivity contribution in [2.45, 2.75) is 120 Å². The molecule has 8 saturated heterocycles. The Hall–Kier alpha value is -3.32. The first kappa shape index (κ1) is 39.8. The fourth-order valence-electron chi connectivity index (χ4n) is 13.5. The molecule has 2 aromatic carbocycles. The van der Waals surface area contributed by atoms with Crippen LogP contribution in [0.25, 0.3) is 0 Å². The van der Waals surface area contributed by atoms with Gasteiger partial charge in [0.15, 0.2) is 0 Å². The van der Waals surface area contributed by atoms with E-state index in [9.17, 15) is 4.79 Å². The summed E-state index contributed by atoms with van der Waals surface area (Å²) in [5.41, 5.74) is -0.838. The van der Waals surface area contributed by atoms with E-state index < -0.39 is 28.1 Å². The highest BCUT2D eigenvalue weighted by Gasteiger charge is 2.69. The van der Waals surface area contributed by atoms with Gasteiger partial charge in [-0.2, -0.15) is 0 Å². The molecule has 1 N–H and O–H groups in total. The van der Waals surface area contributed by atoms with Crippen molar-refractivity contribution in [2.24, 2.45) is 10.8 Å². The van der Waals surface area contributed by atoms with Gasteiger partial charge in [-0.05, 0) is 127 Å². The second-order valence-electron chi connectivity index (χ2n) is 19.4. The number of rotatable bonds is 7. The van der Waals surface area contributed by atoms with E-state index in [1.54, 1.807) is 12.1 Å². The molecule has 8 fully saturated rings.